The van der Waals surface area contributed by atoms with E-state index >= 15 is 0 Å². The molecule has 5 nitrogen and oxygen atoms in total. The lowest BCUT2D eigenvalue weighted by molar-refractivity contribution is 0.0441. The van der Waals surface area contributed by atoms with Crippen molar-refractivity contribution in [3.05, 3.63) is 57.9 Å². The summed E-state index contributed by atoms with van der Waals surface area (Å²) in [4.78, 5) is 16.3. The first kappa shape index (κ1) is 14.7. The van der Waals surface area contributed by atoms with Crippen molar-refractivity contribution in [2.75, 3.05) is 5.73 Å². The average Bonchev–Trinajstić information content (AvgIpc) is 2.91. The van der Waals surface area contributed by atoms with E-state index in [1.165, 1.54) is 12.1 Å². The van der Waals surface area contributed by atoms with Gasteiger partial charge in [-0.1, -0.05) is 35.3 Å². The molecule has 1 heterocycles. The molecular formula is C15H10Cl2N2O3. The van der Waals surface area contributed by atoms with Crippen LogP contribution in [0.5, 0.6) is 0 Å². The predicted octanol–water partition coefficient (Wildman–Crippen LogP) is 4.07. The average molecular weight is 337 g/mol. The summed E-state index contributed by atoms with van der Waals surface area (Å²) in [5, 5.41) is 0.495. The number of nitrogens with zero attached hydrogens (tertiary/aromatic N) is 1. The number of esters is 1. The topological polar surface area (TPSA) is 78.4 Å². The number of anilines is 1. The van der Waals surface area contributed by atoms with Crippen LogP contribution in [0.3, 0.4) is 0 Å². The molecule has 0 radical (unpaired) electrons. The normalized spacial score (nSPS) is 10.8. The third kappa shape index (κ3) is 2.86. The number of para-hydroxylation sites is 2. The minimum atomic E-state index is -0.649. The van der Waals surface area contributed by atoms with Crippen molar-refractivity contribution in [2.45, 2.75) is 6.61 Å². The number of carbonyl (C=O) groups is 1. The van der Waals surface area contributed by atoms with Crippen LogP contribution >= 0.6 is 23.2 Å². The molecule has 22 heavy (non-hydrogen) atoms. The maximum atomic E-state index is 12.1. The summed E-state index contributed by atoms with van der Waals surface area (Å²) in [7, 11) is 0. The molecule has 0 aliphatic heterocycles. The highest BCUT2D eigenvalue weighted by Crippen LogP contribution is 2.28. The van der Waals surface area contributed by atoms with Gasteiger partial charge in [0.05, 0.1) is 16.3 Å². The van der Waals surface area contributed by atoms with Gasteiger partial charge in [0.1, 0.15) is 5.52 Å². The summed E-state index contributed by atoms with van der Waals surface area (Å²) >= 11 is 11.7. The summed E-state index contributed by atoms with van der Waals surface area (Å²) in [5.74, 6) is -0.356. The number of carbonyl (C=O) groups excluding carboxylic acids is 1. The molecule has 0 aliphatic rings. The first-order valence-electron chi connectivity index (χ1n) is 6.30. The number of rotatable bonds is 3. The van der Waals surface area contributed by atoms with E-state index in [1.54, 1.807) is 12.1 Å². The van der Waals surface area contributed by atoms with Gasteiger partial charge in [-0.2, -0.15) is 0 Å². The Kier molecular flexibility index (Phi) is 3.92. The molecule has 3 aromatic rings. The molecule has 0 spiro atoms. The van der Waals surface area contributed by atoms with E-state index in [-0.39, 0.29) is 22.9 Å². The first-order chi connectivity index (χ1) is 10.5. The number of hydrogen-bond acceptors (Lipinski definition) is 5. The fourth-order valence-electron chi connectivity index (χ4n) is 1.94. The van der Waals surface area contributed by atoms with Gasteiger partial charge in [-0.25, -0.2) is 9.78 Å². The van der Waals surface area contributed by atoms with Gasteiger partial charge in [-0.05, 0) is 24.3 Å². The molecule has 2 N–H and O–H groups in total. The highest BCUT2D eigenvalue weighted by molar-refractivity contribution is 6.37. The van der Waals surface area contributed by atoms with Crippen LogP contribution in [0.2, 0.25) is 10.0 Å². The molecule has 0 saturated heterocycles. The zero-order valence-corrected chi connectivity index (χ0v) is 12.7. The van der Waals surface area contributed by atoms with Crippen LogP contribution in [-0.4, -0.2) is 11.0 Å². The maximum Gasteiger partial charge on any atom is 0.340 e. The number of halogens is 2. The fourth-order valence-corrected chi connectivity index (χ4v) is 2.43. The van der Waals surface area contributed by atoms with Gasteiger partial charge in [0.2, 0.25) is 5.89 Å². The third-order valence-electron chi connectivity index (χ3n) is 2.98. The van der Waals surface area contributed by atoms with Crippen molar-refractivity contribution >= 4 is 46.0 Å². The molecule has 0 saturated carbocycles. The van der Waals surface area contributed by atoms with Gasteiger partial charge >= 0.3 is 5.97 Å². The van der Waals surface area contributed by atoms with E-state index in [0.29, 0.717) is 22.0 Å². The molecule has 7 heteroatoms. The Balaban J connectivity index is 1.77. The molecule has 0 fully saturated rings. The van der Waals surface area contributed by atoms with Gasteiger partial charge < -0.3 is 14.9 Å². The van der Waals surface area contributed by atoms with E-state index in [1.807, 2.05) is 12.1 Å². The SMILES string of the molecule is Nc1c(Cl)cc(Cl)cc1C(=O)OCc1nc2ccccc2o1. The molecule has 2 aromatic carbocycles. The molecule has 0 unspecified atom stereocenters. The highest BCUT2D eigenvalue weighted by atomic mass is 35.5. The van der Waals surface area contributed by atoms with Gasteiger partial charge in [0, 0.05) is 5.02 Å². The second-order valence-electron chi connectivity index (χ2n) is 4.50. The van der Waals surface area contributed by atoms with Gasteiger partial charge in [0.25, 0.3) is 0 Å². The number of nitrogen functional groups attached to an aromatic ring is 1. The van der Waals surface area contributed by atoms with Crippen molar-refractivity contribution in [3.63, 3.8) is 0 Å². The monoisotopic (exact) mass is 336 g/mol. The Labute approximate surface area is 135 Å². The zero-order valence-electron chi connectivity index (χ0n) is 11.2. The number of ether oxygens (including phenoxy) is 1. The molecule has 0 aliphatic carbocycles. The number of nitrogens with two attached hydrogens (primary N) is 1. The van der Waals surface area contributed by atoms with Crippen LogP contribution < -0.4 is 5.73 Å². The molecular weight excluding hydrogens is 327 g/mol. The summed E-state index contributed by atoms with van der Waals surface area (Å²) in [5.41, 5.74) is 7.29. The second-order valence-corrected chi connectivity index (χ2v) is 5.34. The lowest BCUT2D eigenvalue weighted by Crippen LogP contribution is -2.09. The quantitative estimate of drug-likeness (QED) is 0.576. The standard InChI is InChI=1S/C15H10Cl2N2O3/c16-8-5-9(14(18)10(17)6-8)15(20)21-7-13-19-11-3-1-2-4-12(11)22-13/h1-6H,7,18H2. The Morgan fingerprint density at radius 2 is 2.05 bits per heavy atom. The lowest BCUT2D eigenvalue weighted by Gasteiger charge is -2.07. The summed E-state index contributed by atoms with van der Waals surface area (Å²) < 4.78 is 10.6. The van der Waals surface area contributed by atoms with E-state index in [0.717, 1.165) is 0 Å². The minimum absolute atomic E-state index is 0.105. The number of aromatic nitrogens is 1. The Bertz CT molecular complexity index is 828. The van der Waals surface area contributed by atoms with Crippen LogP contribution in [0.25, 0.3) is 11.1 Å². The Morgan fingerprint density at radius 1 is 1.27 bits per heavy atom. The number of benzene rings is 2. The van der Waals surface area contributed by atoms with Crippen molar-refractivity contribution in [3.8, 4) is 0 Å². The van der Waals surface area contributed by atoms with Crippen molar-refractivity contribution in [1.82, 2.24) is 4.98 Å². The van der Waals surface area contributed by atoms with Crippen LogP contribution in [0.15, 0.2) is 40.8 Å². The van der Waals surface area contributed by atoms with Crippen molar-refractivity contribution < 1.29 is 13.9 Å². The highest BCUT2D eigenvalue weighted by Gasteiger charge is 2.16. The third-order valence-corrected chi connectivity index (χ3v) is 3.51. The van der Waals surface area contributed by atoms with E-state index in [4.69, 9.17) is 38.1 Å². The minimum Gasteiger partial charge on any atom is -0.452 e. The number of hydrogen-bond donors (Lipinski definition) is 1. The molecule has 112 valence electrons. The van der Waals surface area contributed by atoms with Crippen LogP contribution in [-0.2, 0) is 11.3 Å². The molecule has 1 aromatic heterocycles. The van der Waals surface area contributed by atoms with Gasteiger partial charge in [-0.15, -0.1) is 0 Å². The smallest absolute Gasteiger partial charge is 0.340 e. The van der Waals surface area contributed by atoms with E-state index < -0.39 is 5.97 Å². The fraction of sp³-hybridized carbons (Fsp3) is 0.0667. The number of oxazole rings is 1. The van der Waals surface area contributed by atoms with Gasteiger partial charge in [-0.3, -0.25) is 0 Å². The zero-order chi connectivity index (χ0) is 15.7. The largest absolute Gasteiger partial charge is 0.452 e. The number of fused-ring (bicyclic) bond motifs is 1. The first-order valence-corrected chi connectivity index (χ1v) is 7.06. The Hall–Kier alpha value is -2.24. The summed E-state index contributed by atoms with van der Waals surface area (Å²) in [6, 6.07) is 10.1. The molecule has 0 atom stereocenters. The van der Waals surface area contributed by atoms with E-state index in [2.05, 4.69) is 4.98 Å². The summed E-state index contributed by atoms with van der Waals surface area (Å²) in [6.45, 7) is -0.114. The van der Waals surface area contributed by atoms with E-state index in [9.17, 15) is 4.79 Å². The van der Waals surface area contributed by atoms with Gasteiger partial charge in [0.15, 0.2) is 12.2 Å². The molecule has 0 bridgehead atoms. The van der Waals surface area contributed by atoms with Crippen molar-refractivity contribution in [1.29, 1.82) is 0 Å². The molecule has 0 amide bonds. The van der Waals surface area contributed by atoms with Crippen LogP contribution in [0.1, 0.15) is 16.2 Å². The second kappa shape index (κ2) is 5.87. The summed E-state index contributed by atoms with van der Waals surface area (Å²) in [6.07, 6.45) is 0. The predicted molar refractivity (Wildman–Crippen MR) is 84.0 cm³/mol. The maximum absolute atomic E-state index is 12.1. The van der Waals surface area contributed by atoms with Crippen molar-refractivity contribution in [2.24, 2.45) is 0 Å². The molecule has 3 rings (SSSR count). The van der Waals surface area contributed by atoms with Crippen LogP contribution in [0.4, 0.5) is 5.69 Å². The Morgan fingerprint density at radius 3 is 2.82 bits per heavy atom. The lowest BCUT2D eigenvalue weighted by atomic mass is 10.2. The van der Waals surface area contributed by atoms with Crippen LogP contribution in [0, 0.1) is 0 Å².